The highest BCUT2D eigenvalue weighted by Crippen LogP contribution is 2.28. The number of nitrogens with two attached hydrogens (primary N) is 1. The van der Waals surface area contributed by atoms with E-state index in [0.717, 1.165) is 17.1 Å². The maximum atomic E-state index is 5.59. The molecule has 0 aliphatic carbocycles. The van der Waals surface area contributed by atoms with E-state index in [-0.39, 0.29) is 0 Å². The fourth-order valence-corrected chi connectivity index (χ4v) is 2.79. The van der Waals surface area contributed by atoms with Crippen molar-refractivity contribution in [3.8, 4) is 10.6 Å². The molecule has 2 aromatic rings. The molecule has 0 fully saturated rings. The largest absolute Gasteiger partial charge is 0.378 e. The second-order valence-electron chi connectivity index (χ2n) is 4.50. The first-order chi connectivity index (χ1) is 8.61. The summed E-state index contributed by atoms with van der Waals surface area (Å²) in [6, 6.07) is 8.49. The number of hydrogen-bond acceptors (Lipinski definition) is 4. The Balaban J connectivity index is 2.28. The lowest BCUT2D eigenvalue weighted by atomic mass is 10.2. The van der Waals surface area contributed by atoms with E-state index in [4.69, 9.17) is 5.73 Å². The van der Waals surface area contributed by atoms with Gasteiger partial charge < -0.3 is 10.6 Å². The number of aromatic nitrogens is 1. The third-order valence-corrected chi connectivity index (χ3v) is 3.97. The topological polar surface area (TPSA) is 42.2 Å². The smallest absolute Gasteiger partial charge is 0.123 e. The van der Waals surface area contributed by atoms with E-state index >= 15 is 0 Å². The Labute approximate surface area is 112 Å². The van der Waals surface area contributed by atoms with Crippen molar-refractivity contribution in [2.45, 2.75) is 13.3 Å². The number of benzene rings is 1. The van der Waals surface area contributed by atoms with E-state index in [0.29, 0.717) is 6.54 Å². The Kier molecular flexibility index (Phi) is 3.99. The van der Waals surface area contributed by atoms with E-state index < -0.39 is 0 Å². The maximum absolute atomic E-state index is 5.59. The van der Waals surface area contributed by atoms with Gasteiger partial charge in [0.2, 0.25) is 0 Å². The van der Waals surface area contributed by atoms with Crippen LogP contribution in [-0.2, 0) is 6.42 Å². The van der Waals surface area contributed by atoms with Gasteiger partial charge in [0.15, 0.2) is 0 Å². The van der Waals surface area contributed by atoms with Crippen molar-refractivity contribution in [3.63, 3.8) is 0 Å². The normalized spacial score (nSPS) is 10.7. The number of aryl methyl sites for hydroxylation is 1. The van der Waals surface area contributed by atoms with Crippen molar-refractivity contribution >= 4 is 17.0 Å². The molecule has 0 spiro atoms. The van der Waals surface area contributed by atoms with Gasteiger partial charge in [0.05, 0.1) is 5.69 Å². The molecule has 0 bridgehead atoms. The third kappa shape index (κ3) is 2.71. The Morgan fingerprint density at radius 1 is 1.22 bits per heavy atom. The number of nitrogens with zero attached hydrogens (tertiary/aromatic N) is 2. The van der Waals surface area contributed by atoms with Crippen LogP contribution in [0.4, 0.5) is 5.69 Å². The number of hydrogen-bond donors (Lipinski definition) is 1. The minimum Gasteiger partial charge on any atom is -0.378 e. The summed E-state index contributed by atoms with van der Waals surface area (Å²) in [7, 11) is 4.09. The van der Waals surface area contributed by atoms with Crippen LogP contribution in [0.1, 0.15) is 10.6 Å². The van der Waals surface area contributed by atoms with Crippen LogP contribution in [0.3, 0.4) is 0 Å². The minimum absolute atomic E-state index is 0.656. The van der Waals surface area contributed by atoms with Crippen molar-refractivity contribution in [1.29, 1.82) is 0 Å². The summed E-state index contributed by atoms with van der Waals surface area (Å²) in [5, 5.41) is 1.08. The molecule has 1 aromatic carbocycles. The van der Waals surface area contributed by atoms with Crippen molar-refractivity contribution < 1.29 is 0 Å². The molecule has 1 aromatic heterocycles. The number of rotatable bonds is 4. The summed E-state index contributed by atoms with van der Waals surface area (Å²) in [5.74, 6) is 0. The van der Waals surface area contributed by atoms with E-state index in [1.807, 2.05) is 14.1 Å². The second kappa shape index (κ2) is 5.50. The minimum atomic E-state index is 0.656. The van der Waals surface area contributed by atoms with Crippen molar-refractivity contribution in [2.75, 3.05) is 25.5 Å². The molecule has 0 saturated carbocycles. The van der Waals surface area contributed by atoms with E-state index in [1.54, 1.807) is 11.3 Å². The van der Waals surface area contributed by atoms with Gasteiger partial charge in [-0.15, -0.1) is 11.3 Å². The fraction of sp³-hybridized carbons (Fsp3) is 0.357. The zero-order chi connectivity index (χ0) is 13.1. The average molecular weight is 261 g/mol. The molecule has 96 valence electrons. The summed E-state index contributed by atoms with van der Waals surface area (Å²) in [6.45, 7) is 2.77. The van der Waals surface area contributed by atoms with Crippen molar-refractivity contribution in [2.24, 2.45) is 5.73 Å². The Hall–Kier alpha value is -1.39. The monoisotopic (exact) mass is 261 g/mol. The molecular formula is C14H19N3S. The molecule has 0 aliphatic heterocycles. The van der Waals surface area contributed by atoms with Crippen LogP contribution in [0.5, 0.6) is 0 Å². The van der Waals surface area contributed by atoms with Gasteiger partial charge in [0, 0.05) is 36.6 Å². The lowest BCUT2D eigenvalue weighted by Gasteiger charge is -2.11. The zero-order valence-corrected chi connectivity index (χ0v) is 11.9. The van der Waals surface area contributed by atoms with Crippen LogP contribution in [-0.4, -0.2) is 25.6 Å². The Morgan fingerprint density at radius 3 is 2.44 bits per heavy atom. The van der Waals surface area contributed by atoms with Crippen molar-refractivity contribution in [3.05, 3.63) is 34.8 Å². The quantitative estimate of drug-likeness (QED) is 0.920. The average Bonchev–Trinajstić information content (AvgIpc) is 2.72. The fourth-order valence-electron chi connectivity index (χ4n) is 1.82. The van der Waals surface area contributed by atoms with Crippen LogP contribution < -0.4 is 10.6 Å². The molecule has 2 N–H and O–H groups in total. The van der Waals surface area contributed by atoms with Crippen LogP contribution in [0.25, 0.3) is 10.6 Å². The van der Waals surface area contributed by atoms with Crippen molar-refractivity contribution in [1.82, 2.24) is 4.98 Å². The standard InChI is InChI=1S/C14H19N3S/c1-10-13(8-9-15)16-14(18-10)11-4-6-12(7-5-11)17(2)3/h4-7H,8-9,15H2,1-3H3. The highest BCUT2D eigenvalue weighted by atomic mass is 32.1. The molecule has 4 heteroatoms. The predicted molar refractivity (Wildman–Crippen MR) is 79.4 cm³/mol. The maximum Gasteiger partial charge on any atom is 0.123 e. The summed E-state index contributed by atoms with van der Waals surface area (Å²) >= 11 is 1.74. The molecule has 18 heavy (non-hydrogen) atoms. The van der Waals surface area contributed by atoms with Crippen LogP contribution in [0.15, 0.2) is 24.3 Å². The molecular weight excluding hydrogens is 242 g/mol. The first-order valence-corrected chi connectivity index (χ1v) is 6.87. The zero-order valence-electron chi connectivity index (χ0n) is 11.1. The molecule has 3 nitrogen and oxygen atoms in total. The Morgan fingerprint density at radius 2 is 1.89 bits per heavy atom. The molecule has 0 unspecified atom stereocenters. The predicted octanol–water partition coefficient (Wildman–Crippen LogP) is 2.69. The van der Waals surface area contributed by atoms with E-state index in [9.17, 15) is 0 Å². The summed E-state index contributed by atoms with van der Waals surface area (Å²) < 4.78 is 0. The lowest BCUT2D eigenvalue weighted by molar-refractivity contribution is 0.927. The molecule has 2 rings (SSSR count). The molecule has 0 atom stereocenters. The van der Waals surface area contributed by atoms with Crippen LogP contribution in [0.2, 0.25) is 0 Å². The number of anilines is 1. The van der Waals surface area contributed by atoms with Gasteiger partial charge in [-0.3, -0.25) is 0 Å². The van der Waals surface area contributed by atoms with Gasteiger partial charge in [0.25, 0.3) is 0 Å². The van der Waals surface area contributed by atoms with Gasteiger partial charge in [-0.1, -0.05) is 0 Å². The highest BCUT2D eigenvalue weighted by Gasteiger charge is 2.08. The molecule has 0 amide bonds. The van der Waals surface area contributed by atoms with Gasteiger partial charge in [-0.2, -0.15) is 0 Å². The number of thiazole rings is 1. The molecule has 0 aliphatic rings. The van der Waals surface area contributed by atoms with Gasteiger partial charge in [-0.05, 0) is 37.7 Å². The van der Waals surface area contributed by atoms with E-state index in [2.05, 4.69) is 41.1 Å². The van der Waals surface area contributed by atoms with Gasteiger partial charge in [-0.25, -0.2) is 4.98 Å². The summed E-state index contributed by atoms with van der Waals surface area (Å²) in [6.07, 6.45) is 0.859. The van der Waals surface area contributed by atoms with Crippen LogP contribution in [0, 0.1) is 6.92 Å². The second-order valence-corrected chi connectivity index (χ2v) is 5.71. The van der Waals surface area contributed by atoms with E-state index in [1.165, 1.54) is 16.1 Å². The van der Waals surface area contributed by atoms with Gasteiger partial charge >= 0.3 is 0 Å². The molecule has 0 radical (unpaired) electrons. The third-order valence-electron chi connectivity index (χ3n) is 2.90. The molecule has 1 heterocycles. The Bertz CT molecular complexity index is 514. The summed E-state index contributed by atoms with van der Waals surface area (Å²) in [5.41, 5.74) is 9.10. The van der Waals surface area contributed by atoms with Crippen LogP contribution >= 0.6 is 11.3 Å². The first kappa shape index (κ1) is 13.1. The highest BCUT2D eigenvalue weighted by molar-refractivity contribution is 7.15. The lowest BCUT2D eigenvalue weighted by Crippen LogP contribution is -2.07. The molecule has 0 saturated heterocycles. The SMILES string of the molecule is Cc1sc(-c2ccc(N(C)C)cc2)nc1CCN. The first-order valence-electron chi connectivity index (χ1n) is 6.06. The summed E-state index contributed by atoms with van der Waals surface area (Å²) in [4.78, 5) is 8.03. The van der Waals surface area contributed by atoms with Gasteiger partial charge in [0.1, 0.15) is 5.01 Å².